The molecule has 0 unspecified atom stereocenters. The van der Waals surface area contributed by atoms with E-state index in [2.05, 4.69) is 41.8 Å². The summed E-state index contributed by atoms with van der Waals surface area (Å²) in [6.07, 6.45) is 8.59. The highest BCUT2D eigenvalue weighted by atomic mass is 16.5. The Hall–Kier alpha value is -2.29. The summed E-state index contributed by atoms with van der Waals surface area (Å²) >= 11 is 0. The third kappa shape index (κ3) is 2.16. The Morgan fingerprint density at radius 1 is 1.25 bits per heavy atom. The molecule has 0 saturated carbocycles. The maximum absolute atomic E-state index is 5.29. The molecular formula is C17H18N2O. The van der Waals surface area contributed by atoms with Gasteiger partial charge < -0.3 is 9.14 Å². The topological polar surface area (TPSA) is 26.5 Å². The number of allylic oxidation sites excluding steroid dienone is 1. The number of hydrogen-bond acceptors (Lipinski definition) is 2. The van der Waals surface area contributed by atoms with Crippen LogP contribution in [0.25, 0.3) is 22.6 Å². The summed E-state index contributed by atoms with van der Waals surface area (Å²) in [6.45, 7) is 2.18. The van der Waals surface area contributed by atoms with Gasteiger partial charge in [0.15, 0.2) is 0 Å². The van der Waals surface area contributed by atoms with E-state index in [1.54, 1.807) is 7.11 Å². The Bertz CT molecular complexity index is 771. The average Bonchev–Trinajstić information content (AvgIpc) is 2.96. The zero-order valence-electron chi connectivity index (χ0n) is 11.8. The number of ether oxygens (including phenoxy) is 1. The molecule has 2 aromatic heterocycles. The highest BCUT2D eigenvalue weighted by Crippen LogP contribution is 2.23. The first kappa shape index (κ1) is 12.7. The lowest BCUT2D eigenvalue weighted by Crippen LogP contribution is -1.94. The van der Waals surface area contributed by atoms with E-state index in [1.807, 2.05) is 18.2 Å². The Balaban J connectivity index is 2.23. The molecule has 0 amide bonds. The molecule has 0 aliphatic rings. The summed E-state index contributed by atoms with van der Waals surface area (Å²) in [5.41, 5.74) is 4.18. The van der Waals surface area contributed by atoms with Crippen molar-refractivity contribution in [3.63, 3.8) is 0 Å². The zero-order chi connectivity index (χ0) is 13.9. The van der Waals surface area contributed by atoms with Crippen molar-refractivity contribution in [2.75, 3.05) is 7.11 Å². The summed E-state index contributed by atoms with van der Waals surface area (Å²) in [4.78, 5) is 4.77. The van der Waals surface area contributed by atoms with Crippen LogP contribution in [-0.4, -0.2) is 16.5 Å². The summed E-state index contributed by atoms with van der Waals surface area (Å²) < 4.78 is 7.46. The SMILES string of the molecule is CCC/C=C/c1nc2cc(OC)ccc2n2cccc12. The van der Waals surface area contributed by atoms with Gasteiger partial charge >= 0.3 is 0 Å². The Morgan fingerprint density at radius 3 is 2.95 bits per heavy atom. The number of aromatic nitrogens is 2. The Morgan fingerprint density at radius 2 is 2.15 bits per heavy atom. The third-order valence-electron chi connectivity index (χ3n) is 3.43. The summed E-state index contributed by atoms with van der Waals surface area (Å²) in [5.74, 6) is 0.833. The van der Waals surface area contributed by atoms with E-state index in [9.17, 15) is 0 Å². The van der Waals surface area contributed by atoms with Crippen molar-refractivity contribution in [3.8, 4) is 5.75 Å². The van der Waals surface area contributed by atoms with Crippen LogP contribution in [0.4, 0.5) is 0 Å². The second kappa shape index (κ2) is 5.37. The van der Waals surface area contributed by atoms with E-state index in [0.29, 0.717) is 0 Å². The molecule has 0 atom stereocenters. The summed E-state index contributed by atoms with van der Waals surface area (Å²) in [7, 11) is 1.68. The van der Waals surface area contributed by atoms with Gasteiger partial charge in [-0.3, -0.25) is 0 Å². The lowest BCUT2D eigenvalue weighted by molar-refractivity contribution is 0.415. The molecule has 20 heavy (non-hydrogen) atoms. The first-order chi connectivity index (χ1) is 9.83. The minimum atomic E-state index is 0.833. The third-order valence-corrected chi connectivity index (χ3v) is 3.43. The fourth-order valence-electron chi connectivity index (χ4n) is 2.39. The largest absolute Gasteiger partial charge is 0.497 e. The highest BCUT2D eigenvalue weighted by Gasteiger charge is 2.06. The van der Waals surface area contributed by atoms with Gasteiger partial charge in [-0.1, -0.05) is 19.4 Å². The van der Waals surface area contributed by atoms with Crippen molar-refractivity contribution in [2.45, 2.75) is 19.8 Å². The van der Waals surface area contributed by atoms with Crippen LogP contribution in [0.15, 0.2) is 42.6 Å². The molecule has 0 radical (unpaired) electrons. The van der Waals surface area contributed by atoms with Gasteiger partial charge in [-0.25, -0.2) is 4.98 Å². The highest BCUT2D eigenvalue weighted by molar-refractivity contribution is 5.83. The molecule has 2 heterocycles. The lowest BCUT2D eigenvalue weighted by Gasteiger charge is -2.07. The van der Waals surface area contributed by atoms with Crippen LogP contribution in [0.1, 0.15) is 25.5 Å². The maximum atomic E-state index is 5.29. The number of rotatable bonds is 4. The normalized spacial score (nSPS) is 11.7. The van der Waals surface area contributed by atoms with Crippen LogP contribution in [0, 0.1) is 0 Å². The molecule has 102 valence electrons. The van der Waals surface area contributed by atoms with E-state index in [4.69, 9.17) is 9.72 Å². The van der Waals surface area contributed by atoms with Crippen molar-refractivity contribution in [1.82, 2.24) is 9.38 Å². The van der Waals surface area contributed by atoms with Crippen molar-refractivity contribution in [1.29, 1.82) is 0 Å². The number of methoxy groups -OCH3 is 1. The van der Waals surface area contributed by atoms with Crippen molar-refractivity contribution >= 4 is 22.6 Å². The second-order valence-corrected chi connectivity index (χ2v) is 4.81. The van der Waals surface area contributed by atoms with E-state index >= 15 is 0 Å². The molecule has 3 heteroatoms. The van der Waals surface area contributed by atoms with Gasteiger partial charge in [0.2, 0.25) is 0 Å². The molecule has 0 saturated heterocycles. The molecule has 3 aromatic rings. The second-order valence-electron chi connectivity index (χ2n) is 4.81. The average molecular weight is 266 g/mol. The van der Waals surface area contributed by atoms with Gasteiger partial charge in [-0.15, -0.1) is 0 Å². The van der Waals surface area contributed by atoms with Gasteiger partial charge in [0.25, 0.3) is 0 Å². The number of unbranched alkanes of at least 4 members (excludes halogenated alkanes) is 1. The molecule has 1 aromatic carbocycles. The maximum Gasteiger partial charge on any atom is 0.121 e. The molecule has 0 spiro atoms. The monoisotopic (exact) mass is 266 g/mol. The number of benzene rings is 1. The van der Waals surface area contributed by atoms with E-state index in [-0.39, 0.29) is 0 Å². The number of fused-ring (bicyclic) bond motifs is 3. The van der Waals surface area contributed by atoms with Gasteiger partial charge in [0, 0.05) is 12.3 Å². The van der Waals surface area contributed by atoms with Gasteiger partial charge in [-0.05, 0) is 36.8 Å². The molecule has 0 aliphatic carbocycles. The number of hydrogen-bond donors (Lipinski definition) is 0. The summed E-state index contributed by atoms with van der Waals surface area (Å²) in [6, 6.07) is 10.1. The van der Waals surface area contributed by atoms with Crippen LogP contribution in [0.5, 0.6) is 5.75 Å². The fraction of sp³-hybridized carbons (Fsp3) is 0.235. The fourth-order valence-corrected chi connectivity index (χ4v) is 2.39. The molecule has 0 bridgehead atoms. The van der Waals surface area contributed by atoms with Crippen LogP contribution in [0.2, 0.25) is 0 Å². The van der Waals surface area contributed by atoms with Crippen molar-refractivity contribution < 1.29 is 4.74 Å². The molecule has 3 rings (SSSR count). The van der Waals surface area contributed by atoms with Gasteiger partial charge in [-0.2, -0.15) is 0 Å². The van der Waals surface area contributed by atoms with Crippen LogP contribution in [0.3, 0.4) is 0 Å². The Kier molecular flexibility index (Phi) is 3.42. The Labute approximate surface area is 118 Å². The standard InChI is InChI=1S/C17H18N2O/c1-3-4-5-7-14-16-8-6-11-19(16)17-10-9-13(20-2)12-15(17)18-14/h5-12H,3-4H2,1-2H3/b7-5+. The zero-order valence-corrected chi connectivity index (χ0v) is 11.8. The molecule has 0 N–H and O–H groups in total. The van der Waals surface area contributed by atoms with Gasteiger partial charge in [0.05, 0.1) is 29.4 Å². The van der Waals surface area contributed by atoms with Crippen LogP contribution < -0.4 is 4.74 Å². The van der Waals surface area contributed by atoms with Crippen molar-refractivity contribution in [2.24, 2.45) is 0 Å². The molecular weight excluding hydrogens is 248 g/mol. The predicted molar refractivity (Wildman–Crippen MR) is 83.2 cm³/mol. The number of nitrogens with zero attached hydrogens (tertiary/aromatic N) is 2. The predicted octanol–water partition coefficient (Wildman–Crippen LogP) is 4.31. The summed E-state index contributed by atoms with van der Waals surface area (Å²) in [5, 5.41) is 0. The van der Waals surface area contributed by atoms with Crippen LogP contribution in [-0.2, 0) is 0 Å². The molecule has 3 nitrogen and oxygen atoms in total. The van der Waals surface area contributed by atoms with Gasteiger partial charge in [0.1, 0.15) is 5.75 Å². The van der Waals surface area contributed by atoms with Crippen LogP contribution >= 0.6 is 0 Å². The van der Waals surface area contributed by atoms with Crippen molar-refractivity contribution in [3.05, 3.63) is 48.3 Å². The quantitative estimate of drug-likeness (QED) is 0.703. The first-order valence-corrected chi connectivity index (χ1v) is 6.95. The minimum absolute atomic E-state index is 0.833. The smallest absolute Gasteiger partial charge is 0.121 e. The minimum Gasteiger partial charge on any atom is -0.497 e. The van der Waals surface area contributed by atoms with E-state index < -0.39 is 0 Å². The lowest BCUT2D eigenvalue weighted by atomic mass is 10.2. The molecule has 0 aliphatic heterocycles. The molecule has 0 fully saturated rings. The van der Waals surface area contributed by atoms with E-state index in [1.165, 1.54) is 0 Å². The first-order valence-electron chi connectivity index (χ1n) is 6.95. The van der Waals surface area contributed by atoms with E-state index in [0.717, 1.165) is 40.8 Å².